The number of non-ortho nitro benzene ring substituents is 1. The van der Waals surface area contributed by atoms with Crippen molar-refractivity contribution in [3.05, 3.63) is 81.7 Å². The molecule has 61 heavy (non-hydrogen) atoms. The van der Waals surface area contributed by atoms with Crippen LogP contribution in [0.1, 0.15) is 58.4 Å². The van der Waals surface area contributed by atoms with E-state index in [0.717, 1.165) is 12.0 Å². The molecule has 0 spiro atoms. The number of nitrogen functional groups attached to an aromatic ring is 1. The van der Waals surface area contributed by atoms with Crippen molar-refractivity contribution in [2.75, 3.05) is 18.9 Å². The van der Waals surface area contributed by atoms with Gasteiger partial charge in [0.2, 0.25) is 5.78 Å². The molecule has 1 unspecified atom stereocenters. The minimum atomic E-state index is -4.02. The van der Waals surface area contributed by atoms with E-state index in [1.807, 2.05) is 4.57 Å². The molecule has 23 heteroatoms. The van der Waals surface area contributed by atoms with Gasteiger partial charge in [-0.2, -0.15) is 4.98 Å². The van der Waals surface area contributed by atoms with E-state index in [2.05, 4.69) is 60.7 Å². The van der Waals surface area contributed by atoms with Gasteiger partial charge in [0.1, 0.15) is 30.2 Å². The van der Waals surface area contributed by atoms with Gasteiger partial charge in [-0.15, -0.1) is 0 Å². The Morgan fingerprint density at radius 1 is 1.07 bits per heavy atom. The molecular formula is C38H50N11O9PSSi. The first kappa shape index (κ1) is 43.1. The predicted octanol–water partition coefficient (Wildman–Crippen LogP) is 4.90. The van der Waals surface area contributed by atoms with Crippen molar-refractivity contribution in [1.82, 2.24) is 43.0 Å². The van der Waals surface area contributed by atoms with Gasteiger partial charge in [-0.1, -0.05) is 46.2 Å². The van der Waals surface area contributed by atoms with E-state index in [0.29, 0.717) is 42.1 Å². The Morgan fingerprint density at radius 3 is 2.48 bits per heavy atom. The standard InChI is InChI=1S/C38H50N11O9PSSi/c1-7-25-23(16-26(25)47-20-42-28-32(39)40-19-41-33(28)47)18-55-59(54,60)57-31-30(58-61(5,6)38(2,3)4)27(17-50)56-36(31)48-21-43-29-34(48)44-37-45(14-15-46(37)35(29)51)13-12-22-8-10-24(11-9-22)49(52)53/h8-11,14-15,19-21,23,25-27,30-31,36,50H,7,12-13,16-18H2,1-6H3,(H,54,60)(H2,39,40,41)/t23-,25-,26-,27-,30-,31-,36-,59?/m1/s1. The number of nitro groups is 1. The number of benzene rings is 1. The highest BCUT2D eigenvalue weighted by Crippen LogP contribution is 2.54. The predicted molar refractivity (Wildman–Crippen MR) is 231 cm³/mol. The zero-order chi connectivity index (χ0) is 43.6. The maximum absolute atomic E-state index is 13.9. The van der Waals surface area contributed by atoms with E-state index in [-0.39, 0.29) is 46.4 Å². The summed E-state index contributed by atoms with van der Waals surface area (Å²) in [5, 5.41) is 21.6. The van der Waals surface area contributed by atoms with Crippen molar-refractivity contribution in [3.8, 4) is 0 Å². The van der Waals surface area contributed by atoms with Gasteiger partial charge in [-0.05, 0) is 60.2 Å². The number of aryl methyl sites for hydroxylation is 2. The Labute approximate surface area is 356 Å². The zero-order valence-electron chi connectivity index (χ0n) is 34.6. The zero-order valence-corrected chi connectivity index (χ0v) is 37.3. The molecule has 1 aromatic carbocycles. The van der Waals surface area contributed by atoms with E-state index < -0.39 is 56.7 Å². The summed E-state index contributed by atoms with van der Waals surface area (Å²) >= 11 is 5.71. The Balaban J connectivity index is 1.07. The number of nitrogens with zero attached hydrogens (tertiary/aromatic N) is 10. The molecule has 8 atom stereocenters. The molecule has 6 aromatic rings. The van der Waals surface area contributed by atoms with E-state index in [1.54, 1.807) is 40.0 Å². The average molecular weight is 896 g/mol. The molecule has 1 aliphatic heterocycles. The largest absolute Gasteiger partial charge is 0.408 e. The number of imidazole rings is 3. The smallest absolute Gasteiger partial charge is 0.325 e. The van der Waals surface area contributed by atoms with Crippen molar-refractivity contribution in [2.45, 2.75) is 102 Å². The molecule has 0 bridgehead atoms. The summed E-state index contributed by atoms with van der Waals surface area (Å²) in [5.41, 5.74) is 7.93. The number of aliphatic hydroxyl groups is 1. The van der Waals surface area contributed by atoms with E-state index in [9.17, 15) is 24.9 Å². The van der Waals surface area contributed by atoms with Gasteiger partial charge in [0.25, 0.3) is 11.2 Å². The van der Waals surface area contributed by atoms with Gasteiger partial charge in [-0.25, -0.2) is 24.3 Å². The fraction of sp³-hybridized carbons (Fsp3) is 0.526. The highest BCUT2D eigenvalue weighted by Gasteiger charge is 2.53. The lowest BCUT2D eigenvalue weighted by Crippen LogP contribution is -2.50. The Bertz CT molecular complexity index is 2700. The Hall–Kier alpha value is -4.51. The fourth-order valence-corrected chi connectivity index (χ4v) is 10.9. The summed E-state index contributed by atoms with van der Waals surface area (Å²) in [4.78, 5) is 58.6. The first-order chi connectivity index (χ1) is 28.9. The van der Waals surface area contributed by atoms with Gasteiger partial charge < -0.3 is 38.6 Å². The second-order valence-electron chi connectivity index (χ2n) is 17.2. The normalized spacial score (nSPS) is 24.4. The van der Waals surface area contributed by atoms with Gasteiger partial charge in [0.15, 0.2) is 37.2 Å². The third-order valence-electron chi connectivity index (χ3n) is 12.6. The summed E-state index contributed by atoms with van der Waals surface area (Å²) in [6, 6.07) is 6.38. The number of rotatable bonds is 15. The van der Waals surface area contributed by atoms with Crippen LogP contribution in [0.25, 0.3) is 28.1 Å². The fourth-order valence-electron chi connectivity index (χ4n) is 8.15. The third kappa shape index (κ3) is 8.04. The Morgan fingerprint density at radius 2 is 1.79 bits per heavy atom. The minimum Gasteiger partial charge on any atom is -0.408 e. The van der Waals surface area contributed by atoms with E-state index in [4.69, 9.17) is 40.7 Å². The number of fused-ring (bicyclic) bond motifs is 3. The first-order valence-electron chi connectivity index (χ1n) is 20.1. The molecule has 6 heterocycles. The first-order valence-corrected chi connectivity index (χ1v) is 25.6. The number of nitrogens with two attached hydrogens (primary N) is 1. The topological polar surface area (TPSA) is 247 Å². The van der Waals surface area contributed by atoms with Gasteiger partial charge >= 0.3 is 6.72 Å². The monoisotopic (exact) mass is 895 g/mol. The van der Waals surface area contributed by atoms with Gasteiger partial charge in [0.05, 0.1) is 30.8 Å². The van der Waals surface area contributed by atoms with Crippen molar-refractivity contribution < 1.29 is 33.1 Å². The average Bonchev–Trinajstić information content (AvgIpc) is 3.99. The molecule has 2 aliphatic rings. The number of aromatic nitrogens is 9. The highest BCUT2D eigenvalue weighted by molar-refractivity contribution is 8.07. The number of hydrogen-bond donors (Lipinski definition) is 3. The maximum Gasteiger partial charge on any atom is 0.325 e. The SMILES string of the molecule is CC[C@@H]1[C@@H](COP(O)(=S)O[C@@H]2[C@H](O[Si](C)(C)C(C)(C)C)[C@@H](CO)O[C@H]2n2cnc3c(=O)n4ccn(CCc5ccc([N+](=O)[O-])cc5)c4nc32)C[C@H]1n1cnc2c(N)ncnc21. The van der Waals surface area contributed by atoms with Crippen LogP contribution in [-0.4, -0.2) is 97.8 Å². The molecule has 20 nitrogen and oxygen atoms in total. The van der Waals surface area contributed by atoms with Crippen LogP contribution < -0.4 is 11.3 Å². The number of aliphatic hydroxyl groups excluding tert-OH is 1. The molecule has 2 fully saturated rings. The molecule has 5 aromatic heterocycles. The quantitative estimate of drug-likeness (QED) is 0.0537. The molecule has 0 radical (unpaired) electrons. The van der Waals surface area contributed by atoms with Crippen LogP contribution >= 0.6 is 6.72 Å². The lowest BCUT2D eigenvalue weighted by Gasteiger charge is -2.45. The molecule has 1 aliphatic carbocycles. The van der Waals surface area contributed by atoms with Crippen LogP contribution in [0, 0.1) is 22.0 Å². The molecule has 4 N–H and O–H groups in total. The highest BCUT2D eigenvalue weighted by atomic mass is 32.5. The van der Waals surface area contributed by atoms with E-state index >= 15 is 0 Å². The van der Waals surface area contributed by atoms with Crippen LogP contribution in [0.3, 0.4) is 0 Å². The van der Waals surface area contributed by atoms with Crippen LogP contribution in [0.2, 0.25) is 18.1 Å². The molecule has 0 amide bonds. The second-order valence-corrected chi connectivity index (χ2v) is 24.8. The van der Waals surface area contributed by atoms with Gasteiger partial charge in [-0.3, -0.25) is 24.0 Å². The van der Waals surface area contributed by atoms with Crippen LogP contribution in [0.15, 0.2) is 60.4 Å². The van der Waals surface area contributed by atoms with Crippen molar-refractivity contribution in [3.63, 3.8) is 0 Å². The minimum absolute atomic E-state index is 0.000926. The number of nitro benzene ring substituents is 1. The lowest BCUT2D eigenvalue weighted by atomic mass is 9.68. The summed E-state index contributed by atoms with van der Waals surface area (Å²) in [5.74, 6) is 0.837. The molecule has 8 rings (SSSR count). The second kappa shape index (κ2) is 16.3. The Kier molecular flexibility index (Phi) is 11.5. The number of anilines is 1. The van der Waals surface area contributed by atoms with Crippen LogP contribution in [0.5, 0.6) is 0 Å². The number of hydrogen-bond acceptors (Lipinski definition) is 15. The summed E-state index contributed by atoms with van der Waals surface area (Å²) in [7, 11) is -2.58. The van der Waals surface area contributed by atoms with Crippen molar-refractivity contribution in [2.24, 2.45) is 11.8 Å². The van der Waals surface area contributed by atoms with Crippen molar-refractivity contribution >= 4 is 66.5 Å². The summed E-state index contributed by atoms with van der Waals surface area (Å²) in [6.07, 6.45) is 5.92. The summed E-state index contributed by atoms with van der Waals surface area (Å²) < 4.78 is 32.7. The van der Waals surface area contributed by atoms with Crippen molar-refractivity contribution in [1.29, 1.82) is 0 Å². The maximum atomic E-state index is 13.9. The molecule has 1 saturated heterocycles. The molecular weight excluding hydrogens is 846 g/mol. The van der Waals surface area contributed by atoms with Crippen LogP contribution in [-0.2, 0) is 43.0 Å². The third-order valence-corrected chi connectivity index (χ3v) is 18.6. The lowest BCUT2D eigenvalue weighted by molar-refractivity contribution is -0.384. The molecule has 326 valence electrons. The molecule has 1 saturated carbocycles. The van der Waals surface area contributed by atoms with E-state index in [1.165, 1.54) is 29.2 Å². The number of ether oxygens (including phenoxy) is 1. The summed E-state index contributed by atoms with van der Waals surface area (Å²) in [6.45, 7) is 8.56. The van der Waals surface area contributed by atoms with Crippen LogP contribution in [0.4, 0.5) is 11.5 Å². The van der Waals surface area contributed by atoms with Gasteiger partial charge in [0, 0.05) is 37.1 Å².